The standard InChI is InChI=1S/C7H15ClN2O3/c1-7(2,5-11)13-10(8)6(12)9(3)4/h11H,5H2,1-4H3. The van der Waals surface area contributed by atoms with Gasteiger partial charge in [-0.2, -0.15) is 0 Å². The van der Waals surface area contributed by atoms with Crippen molar-refractivity contribution >= 4 is 17.8 Å². The highest BCUT2D eigenvalue weighted by Gasteiger charge is 2.25. The van der Waals surface area contributed by atoms with Crippen molar-refractivity contribution in [3.05, 3.63) is 0 Å². The van der Waals surface area contributed by atoms with Gasteiger partial charge in [0, 0.05) is 25.9 Å². The Hall–Kier alpha value is -0.520. The summed E-state index contributed by atoms with van der Waals surface area (Å²) in [4.78, 5) is 17.4. The van der Waals surface area contributed by atoms with E-state index in [1.165, 1.54) is 4.90 Å². The van der Waals surface area contributed by atoms with E-state index >= 15 is 0 Å². The van der Waals surface area contributed by atoms with Crippen LogP contribution in [0.3, 0.4) is 0 Å². The molecule has 0 aliphatic heterocycles. The third-order valence-electron chi connectivity index (χ3n) is 1.24. The van der Waals surface area contributed by atoms with Gasteiger partial charge in [-0.3, -0.25) is 0 Å². The highest BCUT2D eigenvalue weighted by Crippen LogP contribution is 2.13. The zero-order chi connectivity index (χ0) is 10.6. The number of aliphatic hydroxyl groups excluding tert-OH is 1. The predicted octanol–water partition coefficient (Wildman–Crippen LogP) is 0.826. The number of carbonyl (C=O) groups excluding carboxylic acids is 1. The van der Waals surface area contributed by atoms with E-state index in [0.29, 0.717) is 4.58 Å². The van der Waals surface area contributed by atoms with Crippen molar-refractivity contribution in [1.29, 1.82) is 0 Å². The van der Waals surface area contributed by atoms with Crippen LogP contribution >= 0.6 is 11.8 Å². The van der Waals surface area contributed by atoms with Gasteiger partial charge in [0.05, 0.1) is 6.61 Å². The molecule has 78 valence electrons. The van der Waals surface area contributed by atoms with Crippen LogP contribution in [-0.4, -0.2) is 46.9 Å². The number of hydroxylamine groups is 1. The molecule has 0 radical (unpaired) electrons. The third-order valence-corrected chi connectivity index (χ3v) is 1.45. The molecule has 0 aromatic heterocycles. The molecule has 2 amide bonds. The number of hydrogen-bond acceptors (Lipinski definition) is 3. The van der Waals surface area contributed by atoms with Crippen molar-refractivity contribution in [2.75, 3.05) is 20.7 Å². The largest absolute Gasteiger partial charge is 0.393 e. The second kappa shape index (κ2) is 4.64. The summed E-state index contributed by atoms with van der Waals surface area (Å²) >= 11 is 5.50. The van der Waals surface area contributed by atoms with Crippen molar-refractivity contribution in [2.45, 2.75) is 19.4 Å². The molecular formula is C7H15ClN2O3. The molecule has 0 aromatic rings. The van der Waals surface area contributed by atoms with Crippen LogP contribution in [0.5, 0.6) is 0 Å². The Morgan fingerprint density at radius 3 is 2.31 bits per heavy atom. The number of nitrogens with zero attached hydrogens (tertiary/aromatic N) is 2. The molecule has 1 N–H and O–H groups in total. The summed E-state index contributed by atoms with van der Waals surface area (Å²) in [6, 6.07) is -0.497. The van der Waals surface area contributed by atoms with Gasteiger partial charge in [-0.1, -0.05) is 0 Å². The number of urea groups is 1. The van der Waals surface area contributed by atoms with E-state index in [0.717, 1.165) is 0 Å². The summed E-state index contributed by atoms with van der Waals surface area (Å²) in [5.74, 6) is 0. The summed E-state index contributed by atoms with van der Waals surface area (Å²) in [7, 11) is 3.10. The first-order valence-electron chi connectivity index (χ1n) is 3.77. The van der Waals surface area contributed by atoms with E-state index < -0.39 is 11.6 Å². The zero-order valence-corrected chi connectivity index (χ0v) is 9.00. The summed E-state index contributed by atoms with van der Waals surface area (Å²) in [6.45, 7) is 3.01. The topological polar surface area (TPSA) is 53.0 Å². The minimum atomic E-state index is -0.868. The Bertz CT molecular complexity index is 185. The quantitative estimate of drug-likeness (QED) is 0.555. The van der Waals surface area contributed by atoms with E-state index in [2.05, 4.69) is 0 Å². The average Bonchev–Trinajstić information content (AvgIpc) is 2.02. The number of carbonyl (C=O) groups is 1. The Labute approximate surface area is 82.9 Å². The molecule has 0 aliphatic carbocycles. The number of amides is 2. The molecular weight excluding hydrogens is 196 g/mol. The van der Waals surface area contributed by atoms with Crippen molar-refractivity contribution < 1.29 is 14.7 Å². The Morgan fingerprint density at radius 1 is 1.54 bits per heavy atom. The Morgan fingerprint density at radius 2 is 2.00 bits per heavy atom. The number of halogens is 1. The maximum atomic E-state index is 11.1. The van der Waals surface area contributed by atoms with Crippen LogP contribution in [0.25, 0.3) is 0 Å². The van der Waals surface area contributed by atoms with Gasteiger partial charge in [0.2, 0.25) is 0 Å². The van der Waals surface area contributed by atoms with Crippen LogP contribution < -0.4 is 0 Å². The molecule has 6 heteroatoms. The van der Waals surface area contributed by atoms with Crippen LogP contribution in [0.2, 0.25) is 0 Å². The minimum absolute atomic E-state index is 0.225. The van der Waals surface area contributed by atoms with Crippen LogP contribution in [-0.2, 0) is 4.84 Å². The highest BCUT2D eigenvalue weighted by molar-refractivity contribution is 6.19. The summed E-state index contributed by atoms with van der Waals surface area (Å²) in [5.41, 5.74) is -0.868. The molecule has 0 saturated heterocycles. The van der Waals surface area contributed by atoms with Gasteiger partial charge in [0.1, 0.15) is 5.60 Å². The summed E-state index contributed by atoms with van der Waals surface area (Å²) in [5, 5.41) is 8.83. The van der Waals surface area contributed by atoms with E-state index in [1.54, 1.807) is 27.9 Å². The first-order valence-corrected chi connectivity index (χ1v) is 4.11. The minimum Gasteiger partial charge on any atom is -0.393 e. The average molecular weight is 211 g/mol. The zero-order valence-electron chi connectivity index (χ0n) is 8.24. The lowest BCUT2D eigenvalue weighted by Crippen LogP contribution is -2.41. The van der Waals surface area contributed by atoms with Gasteiger partial charge in [0.15, 0.2) is 0 Å². The molecule has 0 atom stereocenters. The van der Waals surface area contributed by atoms with Gasteiger partial charge < -0.3 is 10.0 Å². The van der Waals surface area contributed by atoms with E-state index in [1.807, 2.05) is 0 Å². The summed E-state index contributed by atoms with van der Waals surface area (Å²) < 4.78 is 0.580. The van der Waals surface area contributed by atoms with Crippen molar-refractivity contribution in [3.63, 3.8) is 0 Å². The van der Waals surface area contributed by atoms with Gasteiger partial charge >= 0.3 is 6.03 Å². The van der Waals surface area contributed by atoms with Crippen molar-refractivity contribution in [1.82, 2.24) is 9.48 Å². The van der Waals surface area contributed by atoms with Gasteiger partial charge in [0.25, 0.3) is 0 Å². The molecule has 5 nitrogen and oxygen atoms in total. The van der Waals surface area contributed by atoms with E-state index in [4.69, 9.17) is 21.7 Å². The molecule has 0 aromatic carbocycles. The fourth-order valence-electron chi connectivity index (χ4n) is 0.442. The maximum absolute atomic E-state index is 11.1. The lowest BCUT2D eigenvalue weighted by molar-refractivity contribution is -0.169. The Kier molecular flexibility index (Phi) is 4.46. The monoisotopic (exact) mass is 210 g/mol. The van der Waals surface area contributed by atoms with Gasteiger partial charge in [-0.05, 0) is 13.8 Å². The molecule has 0 rings (SSSR count). The fraction of sp³-hybridized carbons (Fsp3) is 0.857. The normalized spacial score (nSPS) is 11.2. The molecule has 0 aliphatic rings. The fourth-order valence-corrected chi connectivity index (χ4v) is 0.780. The van der Waals surface area contributed by atoms with Crippen LogP contribution in [0, 0.1) is 0 Å². The first-order chi connectivity index (χ1) is 5.80. The molecule has 0 unspecified atom stereocenters. The molecule has 0 saturated carbocycles. The van der Waals surface area contributed by atoms with E-state index in [9.17, 15) is 4.79 Å². The molecule has 0 spiro atoms. The summed E-state index contributed by atoms with van der Waals surface area (Å²) in [6.07, 6.45) is 0. The number of hydrogen-bond donors (Lipinski definition) is 1. The second-order valence-corrected chi connectivity index (χ2v) is 3.74. The number of aliphatic hydroxyl groups is 1. The van der Waals surface area contributed by atoms with Crippen LogP contribution in [0.4, 0.5) is 4.79 Å². The molecule has 0 fully saturated rings. The highest BCUT2D eigenvalue weighted by atomic mass is 35.5. The third kappa shape index (κ3) is 4.31. The lowest BCUT2D eigenvalue weighted by atomic mass is 10.2. The SMILES string of the molecule is CN(C)C(=O)N(Cl)OC(C)(C)CO. The number of rotatable bonds is 3. The molecule has 13 heavy (non-hydrogen) atoms. The first kappa shape index (κ1) is 12.5. The maximum Gasteiger partial charge on any atom is 0.359 e. The van der Waals surface area contributed by atoms with Crippen LogP contribution in [0.1, 0.15) is 13.8 Å². The lowest BCUT2D eigenvalue weighted by Gasteiger charge is -2.27. The van der Waals surface area contributed by atoms with Crippen LogP contribution in [0.15, 0.2) is 0 Å². The molecule has 0 heterocycles. The van der Waals surface area contributed by atoms with Crippen molar-refractivity contribution in [3.8, 4) is 0 Å². The Balaban J connectivity index is 4.15. The van der Waals surface area contributed by atoms with Crippen molar-refractivity contribution in [2.24, 2.45) is 0 Å². The van der Waals surface area contributed by atoms with E-state index in [-0.39, 0.29) is 6.61 Å². The smallest absolute Gasteiger partial charge is 0.359 e. The van der Waals surface area contributed by atoms with Gasteiger partial charge in [-0.25, -0.2) is 9.63 Å². The molecule has 0 bridgehead atoms. The second-order valence-electron chi connectivity index (χ2n) is 3.43. The van der Waals surface area contributed by atoms with Gasteiger partial charge in [-0.15, -0.1) is 4.58 Å². The predicted molar refractivity (Wildman–Crippen MR) is 49.0 cm³/mol.